The maximum atomic E-state index is 11.8. The second-order valence-corrected chi connectivity index (χ2v) is 9.84. The smallest absolute Gasteiger partial charge is 0.248 e. The summed E-state index contributed by atoms with van der Waals surface area (Å²) >= 11 is 1.66. The lowest BCUT2D eigenvalue weighted by molar-refractivity contribution is 0.0999. The minimum atomic E-state index is -0.429. The number of rotatable bonds is 5. The monoisotopic (exact) mass is 496 g/mol. The van der Waals surface area contributed by atoms with Crippen LogP contribution >= 0.6 is 11.3 Å². The lowest BCUT2D eigenvalue weighted by Gasteiger charge is -2.15. The van der Waals surface area contributed by atoms with Crippen molar-refractivity contribution in [1.29, 1.82) is 0 Å². The van der Waals surface area contributed by atoms with E-state index in [1.54, 1.807) is 17.4 Å². The first-order chi connectivity index (χ1) is 17.4. The number of imidazole rings is 1. The van der Waals surface area contributed by atoms with Gasteiger partial charge in [-0.1, -0.05) is 6.07 Å². The molecular formula is C26H24N8OS. The molecule has 10 heteroatoms. The molecule has 1 aliphatic rings. The van der Waals surface area contributed by atoms with E-state index in [1.807, 2.05) is 38.4 Å². The highest BCUT2D eigenvalue weighted by Gasteiger charge is 2.20. The summed E-state index contributed by atoms with van der Waals surface area (Å²) < 4.78 is 5.43. The van der Waals surface area contributed by atoms with Gasteiger partial charge in [-0.25, -0.2) is 10.5 Å². The van der Waals surface area contributed by atoms with Crippen LogP contribution in [0.4, 0.5) is 0 Å². The highest BCUT2D eigenvalue weighted by molar-refractivity contribution is 7.20. The van der Waals surface area contributed by atoms with Crippen LogP contribution in [-0.2, 0) is 0 Å². The Morgan fingerprint density at radius 2 is 1.81 bits per heavy atom. The van der Waals surface area contributed by atoms with Crippen LogP contribution in [0.15, 0.2) is 66.0 Å². The number of thiophene rings is 1. The van der Waals surface area contributed by atoms with Gasteiger partial charge in [-0.2, -0.15) is 0 Å². The van der Waals surface area contributed by atoms with Crippen molar-refractivity contribution < 1.29 is 4.79 Å². The predicted molar refractivity (Wildman–Crippen MR) is 142 cm³/mol. The number of hydrogen-bond donors (Lipinski definition) is 4. The van der Waals surface area contributed by atoms with E-state index in [9.17, 15) is 4.79 Å². The fourth-order valence-electron chi connectivity index (χ4n) is 4.70. The van der Waals surface area contributed by atoms with E-state index in [0.29, 0.717) is 5.56 Å². The van der Waals surface area contributed by atoms with E-state index in [4.69, 9.17) is 5.73 Å². The normalized spacial score (nSPS) is 13.0. The number of primary amides is 1. The van der Waals surface area contributed by atoms with Crippen LogP contribution in [0.3, 0.4) is 0 Å². The van der Waals surface area contributed by atoms with Gasteiger partial charge in [0.1, 0.15) is 5.82 Å². The molecule has 3 aromatic heterocycles. The minimum absolute atomic E-state index is 0.429. The van der Waals surface area contributed by atoms with Crippen LogP contribution in [0.25, 0.3) is 32.8 Å². The SMILES string of the molecule is Cc1cc(-n2c(-c3ccc(-n4ccnc4C)cc3C)cc3sc(C4=NNNN4)cc32)ccc1C(N)=O. The van der Waals surface area contributed by atoms with E-state index >= 15 is 0 Å². The van der Waals surface area contributed by atoms with Gasteiger partial charge in [0.05, 0.1) is 20.8 Å². The Morgan fingerprint density at radius 1 is 1.00 bits per heavy atom. The predicted octanol–water partition coefficient (Wildman–Crippen LogP) is 3.84. The second-order valence-electron chi connectivity index (χ2n) is 8.75. The van der Waals surface area contributed by atoms with Crippen LogP contribution in [0.1, 0.15) is 32.2 Å². The van der Waals surface area contributed by atoms with Gasteiger partial charge < -0.3 is 14.9 Å². The van der Waals surface area contributed by atoms with Gasteiger partial charge in [-0.15, -0.1) is 22.0 Å². The average Bonchev–Trinajstić information content (AvgIpc) is 3.62. The molecule has 0 radical (unpaired) electrons. The molecule has 0 atom stereocenters. The van der Waals surface area contributed by atoms with E-state index in [-0.39, 0.29) is 0 Å². The van der Waals surface area contributed by atoms with Crippen molar-refractivity contribution in [2.45, 2.75) is 20.8 Å². The number of aryl methyl sites for hydroxylation is 3. The molecule has 6 rings (SSSR count). The lowest BCUT2D eigenvalue weighted by Crippen LogP contribution is -2.34. The fraction of sp³-hybridized carbons (Fsp3) is 0.115. The van der Waals surface area contributed by atoms with E-state index in [2.05, 4.69) is 73.0 Å². The number of nitrogens with one attached hydrogen (secondary N) is 3. The molecule has 0 saturated heterocycles. The Labute approximate surface area is 211 Å². The summed E-state index contributed by atoms with van der Waals surface area (Å²) in [6.45, 7) is 6.02. The van der Waals surface area contributed by atoms with E-state index in [1.165, 1.54) is 0 Å². The molecule has 5 N–H and O–H groups in total. The first-order valence-corrected chi connectivity index (χ1v) is 12.2. The molecule has 0 bridgehead atoms. The summed E-state index contributed by atoms with van der Waals surface area (Å²) in [4.78, 5) is 17.2. The lowest BCUT2D eigenvalue weighted by atomic mass is 10.0. The molecule has 0 spiro atoms. The number of hydrazone groups is 1. The largest absolute Gasteiger partial charge is 0.366 e. The number of aromatic nitrogens is 3. The molecule has 2 aromatic carbocycles. The molecule has 1 amide bonds. The summed E-state index contributed by atoms with van der Waals surface area (Å²) in [7, 11) is 0. The Morgan fingerprint density at radius 3 is 2.47 bits per heavy atom. The zero-order chi connectivity index (χ0) is 25.0. The topological polar surface area (TPSA) is 114 Å². The number of fused-ring (bicyclic) bond motifs is 1. The Kier molecular flexibility index (Phi) is 5.13. The van der Waals surface area contributed by atoms with Crippen molar-refractivity contribution in [3.05, 3.63) is 88.3 Å². The Balaban J connectivity index is 1.54. The zero-order valence-corrected chi connectivity index (χ0v) is 20.8. The van der Waals surface area contributed by atoms with Crippen LogP contribution in [-0.4, -0.2) is 25.9 Å². The molecule has 0 fully saturated rings. The van der Waals surface area contributed by atoms with Gasteiger partial charge in [0.25, 0.3) is 0 Å². The van der Waals surface area contributed by atoms with Crippen molar-refractivity contribution in [2.24, 2.45) is 10.8 Å². The fourth-order valence-corrected chi connectivity index (χ4v) is 5.73. The maximum absolute atomic E-state index is 11.8. The van der Waals surface area contributed by atoms with Gasteiger partial charge in [0, 0.05) is 34.9 Å². The van der Waals surface area contributed by atoms with Gasteiger partial charge in [0.15, 0.2) is 5.84 Å². The minimum Gasteiger partial charge on any atom is -0.366 e. The van der Waals surface area contributed by atoms with Crippen molar-refractivity contribution in [2.75, 3.05) is 0 Å². The third kappa shape index (κ3) is 3.55. The standard InChI is InChI=1S/C26H24N8OS/c1-14-10-17(33-9-8-28-16(33)3)4-6-19(14)21-12-23-22(13-24(36-23)26-29-31-32-30-26)34(21)18-5-7-20(25(27)35)15(2)11-18/h4-13,31-32H,1-3H3,(H2,27,35)(H,29,30). The van der Waals surface area contributed by atoms with Crippen LogP contribution < -0.4 is 22.2 Å². The number of hydrazine groups is 2. The number of carbonyl (C=O) groups excluding carboxylic acids is 1. The van der Waals surface area contributed by atoms with Gasteiger partial charge in [-0.05, 0) is 74.4 Å². The molecule has 36 heavy (non-hydrogen) atoms. The molecule has 0 unspecified atom stereocenters. The van der Waals surface area contributed by atoms with Crippen LogP contribution in [0.5, 0.6) is 0 Å². The number of hydrogen-bond acceptors (Lipinski definition) is 7. The molecule has 5 aromatic rings. The number of benzene rings is 2. The molecule has 0 saturated carbocycles. The molecule has 4 heterocycles. The molecule has 9 nitrogen and oxygen atoms in total. The summed E-state index contributed by atoms with van der Waals surface area (Å²) in [5.41, 5.74) is 21.9. The van der Waals surface area contributed by atoms with Crippen LogP contribution in [0.2, 0.25) is 0 Å². The highest BCUT2D eigenvalue weighted by Crippen LogP contribution is 2.38. The van der Waals surface area contributed by atoms with Crippen LogP contribution in [0, 0.1) is 20.8 Å². The quantitative estimate of drug-likeness (QED) is 0.295. The molecule has 180 valence electrons. The van der Waals surface area contributed by atoms with Crippen molar-refractivity contribution in [1.82, 2.24) is 30.6 Å². The first-order valence-electron chi connectivity index (χ1n) is 11.4. The summed E-state index contributed by atoms with van der Waals surface area (Å²) in [6, 6.07) is 16.5. The highest BCUT2D eigenvalue weighted by atomic mass is 32.1. The zero-order valence-electron chi connectivity index (χ0n) is 20.0. The first kappa shape index (κ1) is 22.1. The number of amides is 1. The molecular weight excluding hydrogens is 472 g/mol. The van der Waals surface area contributed by atoms with Gasteiger partial charge >= 0.3 is 0 Å². The third-order valence-electron chi connectivity index (χ3n) is 6.45. The summed E-state index contributed by atoms with van der Waals surface area (Å²) in [5, 5.41) is 4.25. The van der Waals surface area contributed by atoms with Crippen molar-refractivity contribution in [3.63, 3.8) is 0 Å². The Bertz CT molecular complexity index is 1690. The molecule has 1 aliphatic heterocycles. The summed E-state index contributed by atoms with van der Waals surface area (Å²) in [5.74, 6) is 1.25. The number of carbonyl (C=O) groups is 1. The number of nitrogens with zero attached hydrogens (tertiary/aromatic N) is 4. The number of amidine groups is 1. The maximum Gasteiger partial charge on any atom is 0.248 e. The van der Waals surface area contributed by atoms with Crippen molar-refractivity contribution in [3.8, 4) is 22.6 Å². The van der Waals surface area contributed by atoms with Gasteiger partial charge in [0.2, 0.25) is 5.91 Å². The Hall–Kier alpha value is -4.41. The van der Waals surface area contributed by atoms with E-state index < -0.39 is 5.91 Å². The van der Waals surface area contributed by atoms with E-state index in [0.717, 1.165) is 60.5 Å². The van der Waals surface area contributed by atoms with Gasteiger partial charge in [-0.3, -0.25) is 10.2 Å². The molecule has 0 aliphatic carbocycles. The summed E-state index contributed by atoms with van der Waals surface area (Å²) in [6.07, 6.45) is 3.78. The average molecular weight is 497 g/mol. The van der Waals surface area contributed by atoms with Crippen molar-refractivity contribution >= 4 is 33.3 Å². The second kappa shape index (κ2) is 8.36. The third-order valence-corrected chi connectivity index (χ3v) is 7.53. The number of nitrogens with two attached hydrogens (primary N) is 1.